The van der Waals surface area contributed by atoms with Crippen molar-refractivity contribution in [1.29, 1.82) is 0 Å². The highest BCUT2D eigenvalue weighted by atomic mass is 35.5. The lowest BCUT2D eigenvalue weighted by molar-refractivity contribution is 0.282. The van der Waals surface area contributed by atoms with Crippen LogP contribution in [0.1, 0.15) is 11.4 Å². The van der Waals surface area contributed by atoms with E-state index in [9.17, 15) is 0 Å². The predicted octanol–water partition coefficient (Wildman–Crippen LogP) is 2.42. The van der Waals surface area contributed by atoms with Crippen LogP contribution < -0.4 is 0 Å². The summed E-state index contributed by atoms with van der Waals surface area (Å²) in [5.74, 6) is 0.857. The van der Waals surface area contributed by atoms with Crippen LogP contribution in [0.15, 0.2) is 28.3 Å². The average Bonchev–Trinajstić information content (AvgIpc) is 2.63. The number of hydrogen-bond donors (Lipinski definition) is 1. The van der Waals surface area contributed by atoms with Gasteiger partial charge in [0.25, 0.3) is 0 Å². The first-order valence-corrected chi connectivity index (χ1v) is 6.24. The molecule has 2 aromatic rings. The molecule has 0 aliphatic rings. The summed E-state index contributed by atoms with van der Waals surface area (Å²) in [6.45, 7) is 1.89. The summed E-state index contributed by atoms with van der Waals surface area (Å²) in [7, 11) is 1.91. The Balaban J connectivity index is 2.27. The summed E-state index contributed by atoms with van der Waals surface area (Å²) in [5, 5.41) is 18.5. The van der Waals surface area contributed by atoms with E-state index in [0.29, 0.717) is 5.02 Å². The van der Waals surface area contributed by atoms with Gasteiger partial charge in [-0.15, -0.1) is 10.2 Å². The molecule has 0 spiro atoms. The molecule has 0 saturated heterocycles. The lowest BCUT2D eigenvalue weighted by Gasteiger charge is -2.05. The van der Waals surface area contributed by atoms with Gasteiger partial charge in [-0.05, 0) is 36.4 Å². The molecule has 0 aliphatic carbocycles. The molecule has 2 rings (SSSR count). The zero-order valence-corrected chi connectivity index (χ0v) is 11.1. The van der Waals surface area contributed by atoms with Crippen molar-refractivity contribution in [2.75, 3.05) is 0 Å². The quantitative estimate of drug-likeness (QED) is 0.930. The number of halogens is 1. The van der Waals surface area contributed by atoms with Gasteiger partial charge in [-0.1, -0.05) is 17.7 Å². The predicted molar refractivity (Wildman–Crippen MR) is 67.2 cm³/mol. The van der Waals surface area contributed by atoms with E-state index in [1.165, 1.54) is 11.8 Å². The number of hydrogen-bond acceptors (Lipinski definition) is 4. The number of rotatable bonds is 3. The highest BCUT2D eigenvalue weighted by molar-refractivity contribution is 7.99. The van der Waals surface area contributed by atoms with Gasteiger partial charge < -0.3 is 9.67 Å². The van der Waals surface area contributed by atoms with E-state index in [2.05, 4.69) is 10.2 Å². The van der Waals surface area contributed by atoms with Crippen LogP contribution in [-0.2, 0) is 13.7 Å². The second-order valence-electron chi connectivity index (χ2n) is 3.61. The molecular formula is C11H12ClN3OS. The number of aliphatic hydroxyl groups excluding tert-OH is 1. The van der Waals surface area contributed by atoms with Crippen LogP contribution in [0.4, 0.5) is 0 Å². The number of aryl methyl sites for hydroxylation is 1. The number of nitrogens with zero attached hydrogens (tertiary/aromatic N) is 3. The third-order valence-electron chi connectivity index (χ3n) is 2.43. The molecule has 0 unspecified atom stereocenters. The maximum atomic E-state index is 9.00. The van der Waals surface area contributed by atoms with Crippen molar-refractivity contribution in [2.45, 2.75) is 23.6 Å². The van der Waals surface area contributed by atoms with Crippen LogP contribution in [0, 0.1) is 6.92 Å². The highest BCUT2D eigenvalue weighted by Gasteiger charge is 2.09. The minimum Gasteiger partial charge on any atom is -0.392 e. The Hall–Kier alpha value is -1.04. The smallest absolute Gasteiger partial charge is 0.195 e. The molecule has 0 amide bonds. The monoisotopic (exact) mass is 269 g/mol. The lowest BCUT2D eigenvalue weighted by atomic mass is 10.2. The van der Waals surface area contributed by atoms with Crippen LogP contribution in [0.3, 0.4) is 0 Å². The molecule has 1 aromatic heterocycles. The number of aromatic nitrogens is 3. The van der Waals surface area contributed by atoms with Crippen LogP contribution in [-0.4, -0.2) is 19.9 Å². The van der Waals surface area contributed by atoms with Gasteiger partial charge in [0, 0.05) is 11.9 Å². The molecule has 1 aromatic carbocycles. The van der Waals surface area contributed by atoms with Crippen LogP contribution >= 0.6 is 23.4 Å². The zero-order chi connectivity index (χ0) is 12.4. The third-order valence-corrected chi connectivity index (χ3v) is 3.97. The van der Waals surface area contributed by atoms with E-state index in [1.54, 1.807) is 6.07 Å². The Kier molecular flexibility index (Phi) is 3.71. The minimum absolute atomic E-state index is 0.00622. The molecule has 17 heavy (non-hydrogen) atoms. The fraction of sp³-hybridized carbons (Fsp3) is 0.273. The fourth-order valence-corrected chi connectivity index (χ4v) is 2.46. The van der Waals surface area contributed by atoms with Crippen molar-refractivity contribution in [2.24, 2.45) is 7.05 Å². The van der Waals surface area contributed by atoms with Gasteiger partial charge in [0.2, 0.25) is 0 Å². The summed E-state index contributed by atoms with van der Waals surface area (Å²) in [5.41, 5.74) is 0.800. The van der Waals surface area contributed by atoms with Crippen molar-refractivity contribution in [3.63, 3.8) is 0 Å². The molecular weight excluding hydrogens is 258 g/mol. The van der Waals surface area contributed by atoms with Gasteiger partial charge in [-0.2, -0.15) is 0 Å². The molecule has 4 nitrogen and oxygen atoms in total. The first-order valence-electron chi connectivity index (χ1n) is 5.05. The third kappa shape index (κ3) is 2.62. The summed E-state index contributed by atoms with van der Waals surface area (Å²) in [6, 6.07) is 5.48. The first-order chi connectivity index (χ1) is 8.11. The Morgan fingerprint density at radius 3 is 2.71 bits per heavy atom. The molecule has 6 heteroatoms. The molecule has 0 aliphatic heterocycles. The summed E-state index contributed by atoms with van der Waals surface area (Å²) in [6.07, 6.45) is 0. The Morgan fingerprint density at radius 1 is 1.41 bits per heavy atom. The molecule has 0 atom stereocenters. The van der Waals surface area contributed by atoms with Crippen molar-refractivity contribution < 1.29 is 5.11 Å². The summed E-state index contributed by atoms with van der Waals surface area (Å²) in [4.78, 5) is 0.902. The first kappa shape index (κ1) is 12.4. The van der Waals surface area contributed by atoms with E-state index < -0.39 is 0 Å². The average molecular weight is 270 g/mol. The van der Waals surface area contributed by atoms with Gasteiger partial charge in [0.1, 0.15) is 5.82 Å². The van der Waals surface area contributed by atoms with Gasteiger partial charge >= 0.3 is 0 Å². The van der Waals surface area contributed by atoms with Crippen molar-refractivity contribution in [1.82, 2.24) is 14.8 Å². The zero-order valence-electron chi connectivity index (χ0n) is 9.51. The van der Waals surface area contributed by atoms with Crippen LogP contribution in [0.25, 0.3) is 0 Å². The summed E-state index contributed by atoms with van der Waals surface area (Å²) < 4.78 is 1.90. The Labute approximate surface area is 109 Å². The molecule has 0 fully saturated rings. The van der Waals surface area contributed by atoms with Gasteiger partial charge in [0.05, 0.1) is 11.6 Å². The highest BCUT2D eigenvalue weighted by Crippen LogP contribution is 2.32. The second kappa shape index (κ2) is 5.08. The van der Waals surface area contributed by atoms with Gasteiger partial charge in [-0.25, -0.2) is 0 Å². The number of benzene rings is 1. The van der Waals surface area contributed by atoms with Gasteiger partial charge in [-0.3, -0.25) is 0 Å². The Morgan fingerprint density at radius 2 is 2.18 bits per heavy atom. The van der Waals surface area contributed by atoms with Crippen LogP contribution in [0.5, 0.6) is 0 Å². The van der Waals surface area contributed by atoms with Crippen LogP contribution in [0.2, 0.25) is 5.02 Å². The summed E-state index contributed by atoms with van der Waals surface area (Å²) >= 11 is 7.58. The van der Waals surface area contributed by atoms with Gasteiger partial charge in [0.15, 0.2) is 5.16 Å². The van der Waals surface area contributed by atoms with Crippen molar-refractivity contribution >= 4 is 23.4 Å². The topological polar surface area (TPSA) is 50.9 Å². The normalized spacial score (nSPS) is 10.8. The van der Waals surface area contributed by atoms with Crippen molar-refractivity contribution in [3.8, 4) is 0 Å². The fourth-order valence-electron chi connectivity index (χ4n) is 1.30. The lowest BCUT2D eigenvalue weighted by Crippen LogP contribution is -1.93. The molecule has 1 N–H and O–H groups in total. The molecule has 0 radical (unpaired) electrons. The molecule has 0 bridgehead atoms. The maximum Gasteiger partial charge on any atom is 0.195 e. The van der Waals surface area contributed by atoms with E-state index in [-0.39, 0.29) is 6.61 Å². The molecule has 0 saturated carbocycles. The molecule has 1 heterocycles. The Bertz CT molecular complexity index is 542. The maximum absolute atomic E-state index is 9.00. The second-order valence-corrected chi connectivity index (χ2v) is 5.03. The van der Waals surface area contributed by atoms with E-state index in [1.807, 2.05) is 30.7 Å². The standard InChI is InChI=1S/C11H12ClN3OS/c1-7-13-14-11(15(7)2)17-10-4-3-8(6-16)5-9(10)12/h3-5,16H,6H2,1-2H3. The molecule has 90 valence electrons. The minimum atomic E-state index is -0.00622. The van der Waals surface area contributed by atoms with E-state index in [4.69, 9.17) is 16.7 Å². The van der Waals surface area contributed by atoms with E-state index in [0.717, 1.165) is 21.4 Å². The number of aliphatic hydroxyl groups is 1. The van der Waals surface area contributed by atoms with E-state index >= 15 is 0 Å². The largest absolute Gasteiger partial charge is 0.392 e. The SMILES string of the molecule is Cc1nnc(Sc2ccc(CO)cc2Cl)n1C. The van der Waals surface area contributed by atoms with Crippen molar-refractivity contribution in [3.05, 3.63) is 34.6 Å².